The summed E-state index contributed by atoms with van der Waals surface area (Å²) in [6, 6.07) is 0. The van der Waals surface area contributed by atoms with Gasteiger partial charge in [-0.25, -0.2) is 9.78 Å². The summed E-state index contributed by atoms with van der Waals surface area (Å²) in [5, 5.41) is 0. The Morgan fingerprint density at radius 3 is 2.52 bits per heavy atom. The molecule has 1 saturated heterocycles. The largest absolute Gasteiger partial charge is 0.450 e. The van der Waals surface area contributed by atoms with Crippen molar-refractivity contribution in [3.63, 3.8) is 0 Å². The van der Waals surface area contributed by atoms with E-state index in [1.54, 1.807) is 18.9 Å². The lowest BCUT2D eigenvalue weighted by Gasteiger charge is -2.34. The molecule has 2 rings (SSSR count). The van der Waals surface area contributed by atoms with Gasteiger partial charge < -0.3 is 19.3 Å². The van der Waals surface area contributed by atoms with Crippen molar-refractivity contribution in [3.05, 3.63) is 21.6 Å². The van der Waals surface area contributed by atoms with E-state index in [0.29, 0.717) is 63.0 Å². The summed E-state index contributed by atoms with van der Waals surface area (Å²) in [6.45, 7) is 6.66. The van der Waals surface area contributed by atoms with E-state index < -0.39 is 0 Å². The number of rotatable bonds is 5. The first kappa shape index (κ1) is 17.3. The normalized spacial score (nSPS) is 14.9. The molecule has 0 bridgehead atoms. The molecule has 1 aliphatic rings. The van der Waals surface area contributed by atoms with Crippen LogP contribution >= 0.6 is 0 Å². The molecule has 1 fully saturated rings. The summed E-state index contributed by atoms with van der Waals surface area (Å²) in [5.41, 5.74) is 1.19. The Bertz CT molecular complexity index is 594. The summed E-state index contributed by atoms with van der Waals surface area (Å²) in [5.74, 6) is 0.530. The van der Waals surface area contributed by atoms with Crippen LogP contribution < -0.4 is 10.5 Å². The number of nitrogens with one attached hydrogen (secondary N) is 1. The van der Waals surface area contributed by atoms with Gasteiger partial charge in [0.15, 0.2) is 0 Å². The fourth-order valence-corrected chi connectivity index (χ4v) is 2.62. The van der Waals surface area contributed by atoms with Gasteiger partial charge in [-0.05, 0) is 13.3 Å². The molecule has 1 aromatic heterocycles. The van der Waals surface area contributed by atoms with Crippen molar-refractivity contribution in [1.82, 2.24) is 14.9 Å². The van der Waals surface area contributed by atoms with Gasteiger partial charge in [0.1, 0.15) is 0 Å². The van der Waals surface area contributed by atoms with E-state index in [1.807, 2.05) is 11.8 Å². The van der Waals surface area contributed by atoms with Crippen LogP contribution in [0.5, 0.6) is 0 Å². The number of piperazine rings is 1. The van der Waals surface area contributed by atoms with Crippen molar-refractivity contribution in [3.8, 4) is 0 Å². The summed E-state index contributed by atoms with van der Waals surface area (Å²) < 4.78 is 10.1. The van der Waals surface area contributed by atoms with Crippen LogP contribution in [-0.2, 0) is 22.5 Å². The Labute approximate surface area is 135 Å². The fraction of sp³-hybridized carbons (Fsp3) is 0.667. The van der Waals surface area contributed by atoms with Gasteiger partial charge in [0.2, 0.25) is 5.95 Å². The van der Waals surface area contributed by atoms with E-state index in [0.717, 1.165) is 0 Å². The number of hydrogen-bond acceptors (Lipinski definition) is 6. The predicted molar refractivity (Wildman–Crippen MR) is 85.8 cm³/mol. The highest BCUT2D eigenvalue weighted by Gasteiger charge is 2.24. The molecule has 128 valence electrons. The molecule has 1 aromatic rings. The Morgan fingerprint density at radius 2 is 1.96 bits per heavy atom. The average molecular weight is 324 g/mol. The van der Waals surface area contributed by atoms with E-state index in [4.69, 9.17) is 9.47 Å². The molecule has 0 aromatic carbocycles. The molecule has 0 atom stereocenters. The van der Waals surface area contributed by atoms with Crippen molar-refractivity contribution >= 4 is 12.0 Å². The standard InChI is InChI=1S/C15H24N4O4/c1-4-11-12(10-22-3)16-14(17-13(11)20)18-6-8-19(9-7-18)15(21)23-5-2/h4-10H2,1-3H3,(H,16,17,20). The molecule has 23 heavy (non-hydrogen) atoms. The summed E-state index contributed by atoms with van der Waals surface area (Å²) in [6.07, 6.45) is 0.313. The maximum atomic E-state index is 12.2. The van der Waals surface area contributed by atoms with Crippen LogP contribution in [0.1, 0.15) is 25.1 Å². The minimum atomic E-state index is -0.296. The number of ether oxygens (including phenoxy) is 2. The number of H-pyrrole nitrogens is 1. The second kappa shape index (κ2) is 7.96. The van der Waals surface area contributed by atoms with Crippen LogP contribution in [0.2, 0.25) is 0 Å². The van der Waals surface area contributed by atoms with Gasteiger partial charge in [0, 0.05) is 38.9 Å². The third kappa shape index (κ3) is 4.01. The molecule has 8 nitrogen and oxygen atoms in total. The van der Waals surface area contributed by atoms with Gasteiger partial charge >= 0.3 is 6.09 Å². The number of amides is 1. The molecule has 0 saturated carbocycles. The maximum absolute atomic E-state index is 12.2. The van der Waals surface area contributed by atoms with Crippen molar-refractivity contribution in [2.45, 2.75) is 26.9 Å². The van der Waals surface area contributed by atoms with Crippen molar-refractivity contribution in [2.24, 2.45) is 0 Å². The zero-order valence-electron chi connectivity index (χ0n) is 13.9. The fourth-order valence-electron chi connectivity index (χ4n) is 2.62. The minimum Gasteiger partial charge on any atom is -0.450 e. The number of anilines is 1. The number of nitrogens with zero attached hydrogens (tertiary/aromatic N) is 3. The quantitative estimate of drug-likeness (QED) is 0.860. The van der Waals surface area contributed by atoms with Gasteiger partial charge in [-0.2, -0.15) is 0 Å². The van der Waals surface area contributed by atoms with Crippen molar-refractivity contribution in [1.29, 1.82) is 0 Å². The highest BCUT2D eigenvalue weighted by molar-refractivity contribution is 5.68. The Hall–Kier alpha value is -2.09. The lowest BCUT2D eigenvalue weighted by molar-refractivity contribution is 0.105. The van der Waals surface area contributed by atoms with Gasteiger partial charge in [-0.15, -0.1) is 0 Å². The molecule has 1 aliphatic heterocycles. The number of carbonyl (C=O) groups is 1. The molecule has 8 heteroatoms. The molecule has 0 radical (unpaired) electrons. The third-order valence-corrected chi connectivity index (χ3v) is 3.83. The first-order chi connectivity index (χ1) is 11.1. The molecule has 2 heterocycles. The summed E-state index contributed by atoms with van der Waals surface area (Å²) >= 11 is 0. The molecule has 0 unspecified atom stereocenters. The van der Waals surface area contributed by atoms with E-state index in [9.17, 15) is 9.59 Å². The molecule has 1 amide bonds. The maximum Gasteiger partial charge on any atom is 0.409 e. The monoisotopic (exact) mass is 324 g/mol. The minimum absolute atomic E-state index is 0.127. The molecular weight excluding hydrogens is 300 g/mol. The van der Waals surface area contributed by atoms with Crippen LogP contribution in [0.15, 0.2) is 4.79 Å². The Morgan fingerprint density at radius 1 is 1.26 bits per heavy atom. The first-order valence-electron chi connectivity index (χ1n) is 7.88. The lowest BCUT2D eigenvalue weighted by Crippen LogP contribution is -2.49. The van der Waals surface area contributed by atoms with E-state index in [2.05, 4.69) is 9.97 Å². The Balaban J connectivity index is 2.11. The number of hydrogen-bond donors (Lipinski definition) is 1. The molecule has 0 aliphatic carbocycles. The van der Waals surface area contributed by atoms with Crippen molar-refractivity contribution < 1.29 is 14.3 Å². The topological polar surface area (TPSA) is 87.8 Å². The highest BCUT2D eigenvalue weighted by Crippen LogP contribution is 2.13. The number of aromatic nitrogens is 2. The molecule has 1 N–H and O–H groups in total. The smallest absolute Gasteiger partial charge is 0.409 e. The second-order valence-electron chi connectivity index (χ2n) is 5.27. The molecule has 0 spiro atoms. The average Bonchev–Trinajstić information content (AvgIpc) is 2.55. The lowest BCUT2D eigenvalue weighted by atomic mass is 10.2. The van der Waals surface area contributed by atoms with E-state index in [1.165, 1.54) is 0 Å². The number of carbonyl (C=O) groups excluding carboxylic acids is 1. The first-order valence-corrected chi connectivity index (χ1v) is 7.88. The Kier molecular flexibility index (Phi) is 5.97. The van der Waals surface area contributed by atoms with Crippen molar-refractivity contribution in [2.75, 3.05) is 44.8 Å². The van der Waals surface area contributed by atoms with E-state index in [-0.39, 0.29) is 11.7 Å². The van der Waals surface area contributed by atoms with Crippen LogP contribution in [-0.4, -0.2) is 60.9 Å². The molecular formula is C15H24N4O4. The third-order valence-electron chi connectivity index (χ3n) is 3.83. The SMILES string of the molecule is CCOC(=O)N1CCN(c2nc(COC)c(CC)c(=O)[nH]2)CC1. The van der Waals surface area contributed by atoms with Crippen LogP contribution in [0.25, 0.3) is 0 Å². The van der Waals surface area contributed by atoms with Gasteiger partial charge in [-0.3, -0.25) is 9.78 Å². The number of aromatic amines is 1. The van der Waals surface area contributed by atoms with E-state index >= 15 is 0 Å². The van der Waals surface area contributed by atoms with Gasteiger partial charge in [0.05, 0.1) is 18.9 Å². The predicted octanol–water partition coefficient (Wildman–Crippen LogP) is 0.757. The van der Waals surface area contributed by atoms with Gasteiger partial charge in [-0.1, -0.05) is 6.92 Å². The summed E-state index contributed by atoms with van der Waals surface area (Å²) in [4.78, 5) is 34.9. The zero-order valence-corrected chi connectivity index (χ0v) is 13.9. The second-order valence-corrected chi connectivity index (χ2v) is 5.27. The zero-order chi connectivity index (χ0) is 16.8. The van der Waals surface area contributed by atoms with Crippen LogP contribution in [0.4, 0.5) is 10.7 Å². The number of methoxy groups -OCH3 is 1. The van der Waals surface area contributed by atoms with Crippen LogP contribution in [0, 0.1) is 0 Å². The summed E-state index contributed by atoms with van der Waals surface area (Å²) in [7, 11) is 1.58. The highest BCUT2D eigenvalue weighted by atomic mass is 16.6. The van der Waals surface area contributed by atoms with Gasteiger partial charge in [0.25, 0.3) is 5.56 Å². The van der Waals surface area contributed by atoms with Crippen LogP contribution in [0.3, 0.4) is 0 Å².